The van der Waals surface area contributed by atoms with Gasteiger partial charge in [-0.3, -0.25) is 39.6 Å². The summed E-state index contributed by atoms with van der Waals surface area (Å²) >= 11 is 0. The van der Waals surface area contributed by atoms with Crippen LogP contribution >= 0.6 is 0 Å². The van der Waals surface area contributed by atoms with Gasteiger partial charge in [-0.15, -0.1) is 0 Å². The smallest absolute Gasteiger partial charge is 0.306 e. The Morgan fingerprint density at radius 1 is 0.713 bits per heavy atom. The molecule has 0 spiro atoms. The highest BCUT2D eigenvalue weighted by molar-refractivity contribution is 5.96. The second-order valence-corrected chi connectivity index (χ2v) is 23.7. The van der Waals surface area contributed by atoms with E-state index in [0.29, 0.717) is 5.56 Å². The molecule has 0 bridgehead atoms. The van der Waals surface area contributed by atoms with Crippen molar-refractivity contribution in [1.29, 1.82) is 10.8 Å². The highest BCUT2D eigenvalue weighted by atomic mass is 19.1. The second kappa shape index (κ2) is 33.1. The van der Waals surface area contributed by atoms with E-state index in [2.05, 4.69) is 37.2 Å². The SMILES string of the molecule is CC(C)CC(=O)OC1C(O)C(CO)OC(OC2C(CO)OC(Oc3ccc(C[C@H](NC(=O)[C@@H](N)C(C)c4ccccc4)C(=O)N[C@H](C(=O)N[C@H](C(=O)N[C@H]([C]=O)CO)C(O)C4CNC(=N)N4C4OC(CO)C(O)C(O)C4O)C(O)C4CNC(=N)N4)cc3F)C(O)C2O)C1O. The molecule has 1 radical (unpaired) electrons. The molecule has 94 heavy (non-hydrogen) atoms. The molecular formula is C57H83FN11O25. The predicted molar refractivity (Wildman–Crippen MR) is 314 cm³/mol. The Kier molecular flexibility index (Phi) is 26.2. The molecule has 7 rings (SSSR count). The van der Waals surface area contributed by atoms with Crippen LogP contribution in [-0.4, -0.2) is 305 Å². The monoisotopic (exact) mass is 1340 g/mol. The Hall–Kier alpha value is -6.99. The molecule has 5 aliphatic rings. The first-order valence-electron chi connectivity index (χ1n) is 30.0. The van der Waals surface area contributed by atoms with Gasteiger partial charge in [0, 0.05) is 31.8 Å². The van der Waals surface area contributed by atoms with Crippen molar-refractivity contribution in [1.82, 2.24) is 42.1 Å². The minimum Gasteiger partial charge on any atom is -0.459 e. The molecule has 2 aromatic carbocycles. The van der Waals surface area contributed by atoms with Crippen LogP contribution < -0.4 is 47.7 Å². The molecule has 5 saturated heterocycles. The van der Waals surface area contributed by atoms with Crippen LogP contribution in [0, 0.1) is 22.6 Å². The number of carbonyl (C=O) groups is 5. The zero-order chi connectivity index (χ0) is 69.2. The zero-order valence-corrected chi connectivity index (χ0v) is 50.9. The Labute approximate surface area is 535 Å². The number of amides is 4. The zero-order valence-electron chi connectivity index (χ0n) is 50.9. The third kappa shape index (κ3) is 17.3. The molecule has 36 nitrogen and oxygen atoms in total. The number of hydrogen-bond donors (Lipinski definition) is 23. The van der Waals surface area contributed by atoms with Crippen LogP contribution in [0.3, 0.4) is 0 Å². The number of aliphatic hydroxyl groups is 13. The summed E-state index contributed by atoms with van der Waals surface area (Å²) in [6, 6.07) is -1.33. The summed E-state index contributed by atoms with van der Waals surface area (Å²) in [4.78, 5) is 83.3. The summed E-state index contributed by atoms with van der Waals surface area (Å²) in [6.45, 7) is 0.399. The van der Waals surface area contributed by atoms with Gasteiger partial charge in [0.1, 0.15) is 104 Å². The van der Waals surface area contributed by atoms with Crippen molar-refractivity contribution < 1.29 is 128 Å². The lowest BCUT2D eigenvalue weighted by molar-refractivity contribution is -0.353. The first-order valence-corrected chi connectivity index (χ1v) is 30.0. The number of nitrogens with two attached hydrogens (primary N) is 1. The Bertz CT molecular complexity index is 2930. The summed E-state index contributed by atoms with van der Waals surface area (Å²) in [5, 5.41) is 174. The molecule has 0 aliphatic carbocycles. The molecule has 37 heteroatoms. The highest BCUT2D eigenvalue weighted by Crippen LogP contribution is 2.34. The van der Waals surface area contributed by atoms with Gasteiger partial charge < -0.3 is 143 Å². The Morgan fingerprint density at radius 2 is 1.34 bits per heavy atom. The average molecular weight is 1340 g/mol. The van der Waals surface area contributed by atoms with Gasteiger partial charge in [-0.25, -0.2) is 4.39 Å². The molecule has 25 atom stereocenters. The van der Waals surface area contributed by atoms with Crippen molar-refractivity contribution >= 4 is 47.8 Å². The number of ether oxygens (including phenoxy) is 6. The van der Waals surface area contributed by atoms with E-state index in [1.54, 1.807) is 51.1 Å². The fourth-order valence-corrected chi connectivity index (χ4v) is 11.2. The normalized spacial score (nSPS) is 32.0. The van der Waals surface area contributed by atoms with E-state index < -0.39 is 239 Å². The number of nitrogens with zero attached hydrogens (tertiary/aromatic N) is 1. The summed E-state index contributed by atoms with van der Waals surface area (Å²) in [7, 11) is 0. The number of carbonyl (C=O) groups excluding carboxylic acids is 6. The van der Waals surface area contributed by atoms with Crippen LogP contribution in [0.4, 0.5) is 4.39 Å². The summed E-state index contributed by atoms with van der Waals surface area (Å²) in [5.74, 6) is -9.89. The molecule has 5 heterocycles. The maximum atomic E-state index is 16.4. The van der Waals surface area contributed by atoms with Gasteiger partial charge in [-0.1, -0.05) is 57.2 Å². The van der Waals surface area contributed by atoms with Crippen LogP contribution in [0.1, 0.15) is 44.2 Å². The van der Waals surface area contributed by atoms with E-state index >= 15 is 4.39 Å². The molecule has 5 fully saturated rings. The lowest BCUT2D eigenvalue weighted by Crippen LogP contribution is -2.69. The molecule has 24 N–H and O–H groups in total. The van der Waals surface area contributed by atoms with Gasteiger partial charge >= 0.3 is 5.97 Å². The average Bonchev–Trinajstić information content (AvgIpc) is 1.37. The van der Waals surface area contributed by atoms with Crippen molar-refractivity contribution in [2.24, 2.45) is 11.7 Å². The van der Waals surface area contributed by atoms with Crippen LogP contribution in [0.5, 0.6) is 5.75 Å². The Balaban J connectivity index is 1.15. The molecule has 4 amide bonds. The summed E-state index contributed by atoms with van der Waals surface area (Å²) in [5.41, 5.74) is 6.94. The van der Waals surface area contributed by atoms with E-state index in [9.17, 15) is 95.2 Å². The first kappa shape index (κ1) is 74.4. The third-order valence-electron chi connectivity index (χ3n) is 16.6. The number of esters is 1. The highest BCUT2D eigenvalue weighted by Gasteiger charge is 2.55. The number of aliphatic hydroxyl groups excluding tert-OH is 13. The van der Waals surface area contributed by atoms with Gasteiger partial charge in [0.2, 0.25) is 36.2 Å². The molecule has 5 aliphatic heterocycles. The molecule has 523 valence electrons. The lowest BCUT2D eigenvalue weighted by atomic mass is 9.93. The van der Waals surface area contributed by atoms with Crippen molar-refractivity contribution in [2.45, 2.75) is 186 Å². The maximum Gasteiger partial charge on any atom is 0.306 e. The van der Waals surface area contributed by atoms with Crippen molar-refractivity contribution in [3.63, 3.8) is 0 Å². The fraction of sp³-hybridized carbons (Fsp3) is 0.649. The number of halogens is 1. The summed E-state index contributed by atoms with van der Waals surface area (Å²) < 4.78 is 50.0. The lowest BCUT2D eigenvalue weighted by Gasteiger charge is -2.46. The minimum absolute atomic E-state index is 0.117. The van der Waals surface area contributed by atoms with Crippen LogP contribution in [0.15, 0.2) is 48.5 Å². The number of hydrogen-bond acceptors (Lipinski definition) is 28. The van der Waals surface area contributed by atoms with Gasteiger partial charge in [-0.2, -0.15) is 0 Å². The number of guanidine groups is 2. The van der Waals surface area contributed by atoms with E-state index in [1.807, 2.05) is 0 Å². The maximum absolute atomic E-state index is 16.4. The molecular weight excluding hydrogens is 1260 g/mol. The topological polar surface area (TPSA) is 582 Å². The van der Waals surface area contributed by atoms with E-state index in [4.69, 9.17) is 45.0 Å². The van der Waals surface area contributed by atoms with Crippen LogP contribution in [-0.2, 0) is 58.9 Å². The van der Waals surface area contributed by atoms with E-state index in [-0.39, 0.29) is 30.4 Å². The number of rotatable bonds is 29. The third-order valence-corrected chi connectivity index (χ3v) is 16.6. The van der Waals surface area contributed by atoms with E-state index in [0.717, 1.165) is 17.0 Å². The van der Waals surface area contributed by atoms with Gasteiger partial charge in [-0.05, 0) is 29.2 Å². The van der Waals surface area contributed by atoms with Crippen molar-refractivity contribution in [2.75, 3.05) is 39.5 Å². The second-order valence-electron chi connectivity index (χ2n) is 23.7. The fourth-order valence-electron chi connectivity index (χ4n) is 11.2. The van der Waals surface area contributed by atoms with E-state index in [1.165, 1.54) is 12.4 Å². The summed E-state index contributed by atoms with van der Waals surface area (Å²) in [6.07, 6.45) is -31.7. The molecule has 0 aromatic heterocycles. The van der Waals surface area contributed by atoms with Gasteiger partial charge in [0.15, 0.2) is 42.1 Å². The Morgan fingerprint density at radius 3 is 1.95 bits per heavy atom. The van der Waals surface area contributed by atoms with Crippen LogP contribution in [0.25, 0.3) is 0 Å². The van der Waals surface area contributed by atoms with Gasteiger partial charge in [0.05, 0.1) is 44.6 Å². The van der Waals surface area contributed by atoms with Crippen LogP contribution in [0.2, 0.25) is 0 Å². The molecule has 0 saturated carbocycles. The van der Waals surface area contributed by atoms with Crippen molar-refractivity contribution in [3.8, 4) is 5.75 Å². The standard InChI is InChI=1S/C57H83FN11O25/c1-21(2)11-34(75)93-48-41(79)32(19-73)91-55(46(48)84)94-47-33(20-74)92-54(45(83)43(47)81)90-30-10-9-23(12-26(30)58)13-27(65-50(86)35(59)22(3)24-7-5-4-6-8-24)49(85)67-36(38(76)28-14-62-56(60)66-28)52(88)68-37(51(87)64-25(16-70)17-71)39(77)29-15-63-57(61)69(29)53-44(82)42(80)40(78)31(18-72)89-53/h4-10,12,21-22,25,27-29,31-33,35-48,53-55,70,72-74,76-84H,11,13-16,18-20,59H2,1-3H3,(H2,61,63)(H,64,87)(H,65,86)(H,67,85)(H,68,88)(H3,60,62,66)/t22?,25-,27-,28?,29?,31?,32?,33?,35-,36-,37-,38?,39?,40?,41?,42?,43?,44?,45?,46?,47?,48?,53?,54?,55?/m0/s1. The number of benzene rings is 2. The first-order chi connectivity index (χ1) is 44.6. The quantitative estimate of drug-likeness (QED) is 0.0336. The minimum atomic E-state index is -2.34. The molecule has 2 aromatic rings. The largest absolute Gasteiger partial charge is 0.459 e. The number of nitrogens with one attached hydrogen (secondary N) is 9. The van der Waals surface area contributed by atoms with Crippen molar-refractivity contribution in [3.05, 3.63) is 65.5 Å². The molecule has 20 unspecified atom stereocenters. The van der Waals surface area contributed by atoms with Gasteiger partial charge in [0.25, 0.3) is 0 Å². The predicted octanol–water partition coefficient (Wildman–Crippen LogP) is -10.6.